The Hall–Kier alpha value is -3.19. The van der Waals surface area contributed by atoms with Crippen molar-refractivity contribution in [2.24, 2.45) is 5.92 Å². The van der Waals surface area contributed by atoms with E-state index >= 15 is 0 Å². The van der Waals surface area contributed by atoms with Crippen molar-refractivity contribution < 1.29 is 13.9 Å². The SMILES string of the molecule is COc1ccc(-c2nn(-c3ccccc3)cc2CN2CCCC(CNC(C)=O)C2)c(F)c1. The van der Waals surface area contributed by atoms with Crippen LogP contribution in [0.3, 0.4) is 0 Å². The second kappa shape index (κ2) is 9.96. The number of benzene rings is 2. The van der Waals surface area contributed by atoms with Crippen LogP contribution in [0.4, 0.5) is 4.39 Å². The lowest BCUT2D eigenvalue weighted by Gasteiger charge is -2.32. The molecule has 0 bridgehead atoms. The summed E-state index contributed by atoms with van der Waals surface area (Å²) in [6.07, 6.45) is 4.16. The highest BCUT2D eigenvalue weighted by molar-refractivity contribution is 5.72. The summed E-state index contributed by atoms with van der Waals surface area (Å²) in [7, 11) is 1.53. The van der Waals surface area contributed by atoms with Crippen LogP contribution in [0.5, 0.6) is 5.75 Å². The molecule has 2 aromatic carbocycles. The lowest BCUT2D eigenvalue weighted by Crippen LogP contribution is -2.40. The summed E-state index contributed by atoms with van der Waals surface area (Å²) in [5.74, 6) is 0.541. The maximum Gasteiger partial charge on any atom is 0.216 e. The third-order valence-corrected chi connectivity index (χ3v) is 5.88. The van der Waals surface area contributed by atoms with Crippen LogP contribution in [0.1, 0.15) is 25.3 Å². The lowest BCUT2D eigenvalue weighted by atomic mass is 9.97. The Kier molecular flexibility index (Phi) is 6.85. The van der Waals surface area contributed by atoms with Crippen molar-refractivity contribution in [3.8, 4) is 22.7 Å². The van der Waals surface area contributed by atoms with Gasteiger partial charge in [-0.05, 0) is 49.6 Å². The van der Waals surface area contributed by atoms with Crippen LogP contribution in [-0.4, -0.2) is 47.3 Å². The van der Waals surface area contributed by atoms with Gasteiger partial charge in [0.05, 0.1) is 12.8 Å². The molecule has 7 heteroatoms. The van der Waals surface area contributed by atoms with Gasteiger partial charge in [0.25, 0.3) is 0 Å². The van der Waals surface area contributed by atoms with E-state index in [0.717, 1.165) is 37.2 Å². The van der Waals surface area contributed by atoms with Crippen molar-refractivity contribution in [1.82, 2.24) is 20.0 Å². The Morgan fingerprint density at radius 2 is 2.06 bits per heavy atom. The molecular formula is C25H29FN4O2. The van der Waals surface area contributed by atoms with Gasteiger partial charge in [0.2, 0.25) is 5.91 Å². The van der Waals surface area contributed by atoms with Crippen molar-refractivity contribution in [2.75, 3.05) is 26.7 Å². The minimum absolute atomic E-state index is 0.00327. The first-order valence-electron chi connectivity index (χ1n) is 11.0. The first-order valence-corrected chi connectivity index (χ1v) is 11.0. The van der Waals surface area contributed by atoms with Gasteiger partial charge in [0.15, 0.2) is 0 Å². The number of piperidine rings is 1. The molecule has 0 aliphatic carbocycles. The number of nitrogens with one attached hydrogen (secondary N) is 1. The molecule has 2 heterocycles. The van der Waals surface area contributed by atoms with E-state index in [1.54, 1.807) is 19.1 Å². The van der Waals surface area contributed by atoms with E-state index < -0.39 is 0 Å². The molecule has 168 valence electrons. The fraction of sp³-hybridized carbons (Fsp3) is 0.360. The van der Waals surface area contributed by atoms with E-state index in [-0.39, 0.29) is 11.7 Å². The maximum absolute atomic E-state index is 14.9. The zero-order chi connectivity index (χ0) is 22.5. The summed E-state index contributed by atoms with van der Waals surface area (Å²) in [4.78, 5) is 13.7. The van der Waals surface area contributed by atoms with Crippen molar-refractivity contribution in [1.29, 1.82) is 0 Å². The number of carbonyl (C=O) groups excluding carboxylic acids is 1. The fourth-order valence-electron chi connectivity index (χ4n) is 4.27. The highest BCUT2D eigenvalue weighted by Gasteiger charge is 2.23. The van der Waals surface area contributed by atoms with Gasteiger partial charge in [-0.2, -0.15) is 5.10 Å². The smallest absolute Gasteiger partial charge is 0.216 e. The predicted molar refractivity (Wildman–Crippen MR) is 122 cm³/mol. The Morgan fingerprint density at radius 1 is 1.25 bits per heavy atom. The summed E-state index contributed by atoms with van der Waals surface area (Å²) >= 11 is 0. The Morgan fingerprint density at radius 3 is 2.78 bits per heavy atom. The van der Waals surface area contributed by atoms with Crippen molar-refractivity contribution in [2.45, 2.75) is 26.3 Å². The van der Waals surface area contributed by atoms with E-state index in [0.29, 0.717) is 36.0 Å². The number of hydrogen-bond donors (Lipinski definition) is 1. The molecule has 1 unspecified atom stereocenters. The normalized spacial score (nSPS) is 16.7. The molecule has 4 rings (SSSR count). The molecule has 6 nitrogen and oxygen atoms in total. The van der Waals surface area contributed by atoms with E-state index in [2.05, 4.69) is 10.2 Å². The molecule has 1 fully saturated rings. The molecule has 1 aromatic heterocycles. The van der Waals surface area contributed by atoms with E-state index in [1.807, 2.05) is 41.2 Å². The number of amides is 1. The lowest BCUT2D eigenvalue weighted by molar-refractivity contribution is -0.119. The topological polar surface area (TPSA) is 59.4 Å². The van der Waals surface area contributed by atoms with E-state index in [1.165, 1.54) is 13.2 Å². The number of aromatic nitrogens is 2. The zero-order valence-corrected chi connectivity index (χ0v) is 18.6. The molecule has 1 atom stereocenters. The number of carbonyl (C=O) groups is 1. The molecule has 3 aromatic rings. The van der Waals surface area contributed by atoms with Gasteiger partial charge in [0, 0.05) is 49.9 Å². The summed E-state index contributed by atoms with van der Waals surface area (Å²) in [5.41, 5.74) is 2.99. The second-order valence-corrected chi connectivity index (χ2v) is 8.31. The number of likely N-dealkylation sites (tertiary alicyclic amines) is 1. The molecule has 1 aliphatic heterocycles. The third-order valence-electron chi connectivity index (χ3n) is 5.88. The predicted octanol–water partition coefficient (Wildman–Crippen LogP) is 4.04. The summed E-state index contributed by atoms with van der Waals surface area (Å²) in [6.45, 7) is 4.77. The highest BCUT2D eigenvalue weighted by atomic mass is 19.1. The average Bonchev–Trinajstić information content (AvgIpc) is 3.22. The number of ether oxygens (including phenoxy) is 1. The standard InChI is InChI=1S/C25H29FN4O2/c1-18(31)27-14-19-7-6-12-29(15-19)16-20-17-30(21-8-4-3-5-9-21)28-25(20)23-11-10-22(32-2)13-24(23)26/h3-5,8-11,13,17,19H,6-7,12,14-16H2,1-2H3,(H,27,31). The Bertz CT molecular complexity index is 1070. The fourth-order valence-corrected chi connectivity index (χ4v) is 4.27. The minimum atomic E-state index is -0.355. The van der Waals surface area contributed by atoms with Gasteiger partial charge in [-0.3, -0.25) is 9.69 Å². The largest absolute Gasteiger partial charge is 0.497 e. The molecule has 0 saturated carbocycles. The van der Waals surface area contributed by atoms with Crippen molar-refractivity contribution in [3.63, 3.8) is 0 Å². The van der Waals surface area contributed by atoms with Gasteiger partial charge in [-0.1, -0.05) is 18.2 Å². The molecule has 1 amide bonds. The average molecular weight is 437 g/mol. The molecule has 1 aliphatic rings. The van der Waals surface area contributed by atoms with Crippen LogP contribution in [0.25, 0.3) is 16.9 Å². The van der Waals surface area contributed by atoms with Gasteiger partial charge >= 0.3 is 0 Å². The van der Waals surface area contributed by atoms with Crippen molar-refractivity contribution >= 4 is 5.91 Å². The molecule has 1 N–H and O–H groups in total. The van der Waals surface area contributed by atoms with Crippen LogP contribution in [-0.2, 0) is 11.3 Å². The molecule has 0 radical (unpaired) electrons. The first-order chi connectivity index (χ1) is 15.5. The van der Waals surface area contributed by atoms with E-state index in [9.17, 15) is 9.18 Å². The number of para-hydroxylation sites is 1. The van der Waals surface area contributed by atoms with Crippen LogP contribution in [0.15, 0.2) is 54.7 Å². The summed E-state index contributed by atoms with van der Waals surface area (Å²) in [6, 6.07) is 14.7. The van der Waals surface area contributed by atoms with Gasteiger partial charge in [0.1, 0.15) is 17.3 Å². The van der Waals surface area contributed by atoms with Crippen LogP contribution in [0, 0.1) is 11.7 Å². The van der Waals surface area contributed by atoms with Crippen LogP contribution >= 0.6 is 0 Å². The number of methoxy groups -OCH3 is 1. The van der Waals surface area contributed by atoms with Crippen molar-refractivity contribution in [3.05, 3.63) is 66.1 Å². The van der Waals surface area contributed by atoms with Crippen LogP contribution < -0.4 is 10.1 Å². The zero-order valence-electron chi connectivity index (χ0n) is 18.6. The summed E-state index contributed by atoms with van der Waals surface area (Å²) < 4.78 is 21.9. The summed E-state index contributed by atoms with van der Waals surface area (Å²) in [5, 5.41) is 7.70. The van der Waals surface area contributed by atoms with Gasteiger partial charge in [-0.15, -0.1) is 0 Å². The minimum Gasteiger partial charge on any atom is -0.497 e. The van der Waals surface area contributed by atoms with Gasteiger partial charge < -0.3 is 10.1 Å². The number of hydrogen-bond acceptors (Lipinski definition) is 4. The quantitative estimate of drug-likeness (QED) is 0.607. The Balaban J connectivity index is 1.63. The maximum atomic E-state index is 14.9. The van der Waals surface area contributed by atoms with Crippen LogP contribution in [0.2, 0.25) is 0 Å². The number of rotatable bonds is 7. The molecule has 0 spiro atoms. The monoisotopic (exact) mass is 436 g/mol. The number of halogens is 1. The molecular weight excluding hydrogens is 407 g/mol. The highest BCUT2D eigenvalue weighted by Crippen LogP contribution is 2.30. The molecule has 1 saturated heterocycles. The molecule has 32 heavy (non-hydrogen) atoms. The van der Waals surface area contributed by atoms with E-state index in [4.69, 9.17) is 9.84 Å². The Labute approximate surface area is 188 Å². The second-order valence-electron chi connectivity index (χ2n) is 8.31. The van der Waals surface area contributed by atoms with Gasteiger partial charge in [-0.25, -0.2) is 9.07 Å². The number of nitrogens with zero attached hydrogens (tertiary/aromatic N) is 3. The first kappa shape index (κ1) is 22.0. The third kappa shape index (κ3) is 5.16.